The van der Waals surface area contributed by atoms with Crippen LogP contribution in [0.25, 0.3) is 0 Å². The molecule has 0 aliphatic heterocycles. The lowest BCUT2D eigenvalue weighted by molar-refractivity contribution is -0.140. The van der Waals surface area contributed by atoms with E-state index in [1.54, 1.807) is 0 Å². The summed E-state index contributed by atoms with van der Waals surface area (Å²) in [6.07, 6.45) is 0. The SMILES string of the molecule is CC(=O)OCC(Cl)(Cl)Cl.O=[P+](O)O. The third-order valence-corrected chi connectivity index (χ3v) is 0.766. The molecule has 2 N–H and O–H groups in total. The summed E-state index contributed by atoms with van der Waals surface area (Å²) in [5.74, 6) is -0.457. The highest BCUT2D eigenvalue weighted by atomic mass is 35.6. The van der Waals surface area contributed by atoms with Gasteiger partial charge in [-0.15, -0.1) is 9.79 Å². The van der Waals surface area contributed by atoms with Crippen LogP contribution in [0.1, 0.15) is 6.92 Å². The Morgan fingerprint density at radius 1 is 1.46 bits per heavy atom. The van der Waals surface area contributed by atoms with E-state index in [0.717, 1.165) is 0 Å². The van der Waals surface area contributed by atoms with E-state index in [0.29, 0.717) is 0 Å². The molecule has 0 aliphatic rings. The smallest absolute Gasteiger partial charge is 0.461 e. The number of alkyl halides is 3. The molecule has 0 aromatic rings. The topological polar surface area (TPSA) is 83.8 Å². The third-order valence-electron chi connectivity index (χ3n) is 0.439. The molecular weight excluding hydrogens is 265 g/mol. The van der Waals surface area contributed by atoms with Crippen LogP contribution >= 0.6 is 43.1 Å². The lowest BCUT2D eigenvalue weighted by Crippen LogP contribution is -2.15. The summed E-state index contributed by atoms with van der Waals surface area (Å²) in [4.78, 5) is 24.3. The van der Waals surface area contributed by atoms with E-state index in [4.69, 9.17) is 49.2 Å². The highest BCUT2D eigenvalue weighted by Gasteiger charge is 2.20. The molecule has 0 aromatic carbocycles. The van der Waals surface area contributed by atoms with Crippen molar-refractivity contribution in [3.05, 3.63) is 0 Å². The molecule has 0 saturated heterocycles. The molecule has 0 unspecified atom stereocenters. The van der Waals surface area contributed by atoms with Crippen LogP contribution in [-0.2, 0) is 14.1 Å². The third kappa shape index (κ3) is 32.8. The second-order valence-electron chi connectivity index (χ2n) is 1.65. The first kappa shape index (κ1) is 15.8. The highest BCUT2D eigenvalue weighted by Crippen LogP contribution is 2.25. The Labute approximate surface area is 90.5 Å². The van der Waals surface area contributed by atoms with Crippen molar-refractivity contribution in [3.8, 4) is 0 Å². The van der Waals surface area contributed by atoms with Crippen LogP contribution in [-0.4, -0.2) is 26.2 Å². The standard InChI is InChI=1S/C4H5Cl3O2.HO3P/c1-3(8)9-2-4(5,6)7;1-4(2)3/h2H2,1H3;(H-,1,2,3)/p+1. The molecule has 9 heteroatoms. The van der Waals surface area contributed by atoms with E-state index in [2.05, 4.69) is 4.74 Å². The predicted octanol–water partition coefficient (Wildman–Crippen LogP) is 1.55. The van der Waals surface area contributed by atoms with Gasteiger partial charge in [0.05, 0.1) is 0 Å². The maximum Gasteiger partial charge on any atom is 0.692 e. The predicted molar refractivity (Wildman–Crippen MR) is 49.0 cm³/mol. The van der Waals surface area contributed by atoms with Gasteiger partial charge in [-0.05, 0) is 0 Å². The summed E-state index contributed by atoms with van der Waals surface area (Å²) < 4.78 is 11.6. The Bertz CT molecular complexity index is 175. The maximum atomic E-state index is 10.1. The van der Waals surface area contributed by atoms with Crippen molar-refractivity contribution >= 4 is 49.0 Å². The average Bonchev–Trinajstić information content (AvgIpc) is 1.80. The Morgan fingerprint density at radius 3 is 1.85 bits per heavy atom. The van der Waals surface area contributed by atoms with Gasteiger partial charge in [0.1, 0.15) is 6.61 Å². The van der Waals surface area contributed by atoms with Crippen molar-refractivity contribution in [2.75, 3.05) is 6.61 Å². The normalized spacial score (nSPS) is 9.69. The van der Waals surface area contributed by atoms with Gasteiger partial charge in [0.15, 0.2) is 0 Å². The molecule has 0 bridgehead atoms. The summed E-state index contributed by atoms with van der Waals surface area (Å²) in [5, 5.41) is 0. The average molecular weight is 272 g/mol. The molecule has 0 spiro atoms. The molecule has 0 saturated carbocycles. The van der Waals surface area contributed by atoms with Crippen LogP contribution < -0.4 is 0 Å². The number of carbonyl (C=O) groups is 1. The number of rotatable bonds is 1. The van der Waals surface area contributed by atoms with Gasteiger partial charge in [0, 0.05) is 11.5 Å². The largest absolute Gasteiger partial charge is 0.692 e. The van der Waals surface area contributed by atoms with Gasteiger partial charge in [0.2, 0.25) is 3.79 Å². The molecule has 13 heavy (non-hydrogen) atoms. The number of esters is 1. The zero-order chi connectivity index (χ0) is 11.1. The Balaban J connectivity index is 0. The minimum atomic E-state index is -2.87. The number of ether oxygens (including phenoxy) is 1. The lowest BCUT2D eigenvalue weighted by atomic mass is 10.7. The van der Waals surface area contributed by atoms with Gasteiger partial charge < -0.3 is 4.74 Å². The summed E-state index contributed by atoms with van der Waals surface area (Å²) in [6, 6.07) is 0. The number of halogens is 3. The van der Waals surface area contributed by atoms with Crippen molar-refractivity contribution in [2.45, 2.75) is 10.7 Å². The fraction of sp³-hybridized carbons (Fsp3) is 0.750. The quantitative estimate of drug-likeness (QED) is 0.430. The van der Waals surface area contributed by atoms with E-state index in [-0.39, 0.29) is 6.61 Å². The second-order valence-corrected chi connectivity index (χ2v) is 4.67. The van der Waals surface area contributed by atoms with E-state index in [1.807, 2.05) is 0 Å². The van der Waals surface area contributed by atoms with Gasteiger partial charge in [-0.1, -0.05) is 34.8 Å². The summed E-state index contributed by atoms with van der Waals surface area (Å²) >= 11 is 15.7. The van der Waals surface area contributed by atoms with E-state index >= 15 is 0 Å². The Kier molecular flexibility index (Phi) is 9.41. The van der Waals surface area contributed by atoms with E-state index < -0.39 is 18.0 Å². The van der Waals surface area contributed by atoms with Crippen LogP contribution in [0.3, 0.4) is 0 Å². The monoisotopic (exact) mass is 271 g/mol. The van der Waals surface area contributed by atoms with Crippen LogP contribution in [0.2, 0.25) is 0 Å². The Hall–Kier alpha value is 0.360. The second kappa shape index (κ2) is 7.74. The Morgan fingerprint density at radius 2 is 1.77 bits per heavy atom. The van der Waals surface area contributed by atoms with Crippen molar-refractivity contribution in [2.24, 2.45) is 0 Å². The lowest BCUT2D eigenvalue weighted by Gasteiger charge is -2.08. The van der Waals surface area contributed by atoms with E-state index in [1.165, 1.54) is 6.92 Å². The van der Waals surface area contributed by atoms with Gasteiger partial charge >= 0.3 is 14.2 Å². The minimum absolute atomic E-state index is 0.201. The molecular formula is C4H7Cl3O5P+. The number of hydrogen-bond donors (Lipinski definition) is 2. The van der Waals surface area contributed by atoms with Gasteiger partial charge in [-0.2, -0.15) is 0 Å². The van der Waals surface area contributed by atoms with E-state index in [9.17, 15) is 4.79 Å². The summed E-state index contributed by atoms with van der Waals surface area (Å²) in [5.41, 5.74) is 0. The zero-order valence-electron chi connectivity index (χ0n) is 6.41. The zero-order valence-corrected chi connectivity index (χ0v) is 9.57. The van der Waals surface area contributed by atoms with Gasteiger partial charge in [-0.25, -0.2) is 0 Å². The van der Waals surface area contributed by atoms with Crippen LogP contribution in [0.15, 0.2) is 0 Å². The first-order valence-corrected chi connectivity index (χ1v) is 5.00. The molecule has 0 fully saturated rings. The minimum Gasteiger partial charge on any atom is -0.461 e. The van der Waals surface area contributed by atoms with Crippen LogP contribution in [0, 0.1) is 0 Å². The molecule has 0 heterocycles. The summed E-state index contributed by atoms with van der Waals surface area (Å²) in [6.45, 7) is 1.05. The molecule has 0 radical (unpaired) electrons. The van der Waals surface area contributed by atoms with Crippen LogP contribution in [0.4, 0.5) is 0 Å². The molecule has 0 rings (SSSR count). The van der Waals surface area contributed by atoms with Crippen molar-refractivity contribution < 1.29 is 23.9 Å². The maximum absolute atomic E-state index is 10.1. The van der Waals surface area contributed by atoms with Crippen molar-refractivity contribution in [1.82, 2.24) is 0 Å². The first-order chi connectivity index (χ1) is 5.65. The molecule has 78 valence electrons. The highest BCUT2D eigenvalue weighted by molar-refractivity contribution is 7.30. The van der Waals surface area contributed by atoms with Gasteiger partial charge in [0.25, 0.3) is 0 Å². The summed E-state index contributed by atoms with van der Waals surface area (Å²) in [7, 11) is -2.87. The molecule has 0 amide bonds. The molecule has 5 nitrogen and oxygen atoms in total. The molecule has 0 atom stereocenters. The van der Waals surface area contributed by atoms with Gasteiger partial charge in [-0.3, -0.25) is 4.79 Å². The molecule has 0 aliphatic carbocycles. The van der Waals surface area contributed by atoms with Crippen LogP contribution in [0.5, 0.6) is 0 Å². The first-order valence-electron chi connectivity index (χ1n) is 2.70. The fourth-order valence-electron chi connectivity index (χ4n) is 0.183. The number of hydrogen-bond acceptors (Lipinski definition) is 3. The molecule has 0 aromatic heterocycles. The number of carbonyl (C=O) groups excluding carboxylic acids is 1. The van der Waals surface area contributed by atoms with Crippen molar-refractivity contribution in [3.63, 3.8) is 0 Å². The fourth-order valence-corrected chi connectivity index (χ4v) is 0.347. The van der Waals surface area contributed by atoms with Crippen molar-refractivity contribution in [1.29, 1.82) is 0 Å².